The van der Waals surface area contributed by atoms with Crippen LogP contribution < -0.4 is 4.90 Å². The van der Waals surface area contributed by atoms with Gasteiger partial charge in [-0.1, -0.05) is 17.4 Å². The standard InChI is InChI=1S/C21H27N5O2S/c1-15-13-16(2)19-17(14-15)23-21(29-19)26(20(27)18-5-6-22-24(18)3)8-4-7-25-9-11-28-12-10-25/h5-6,13-14H,4,7-12H2,1-3H3. The highest BCUT2D eigenvalue weighted by Crippen LogP contribution is 2.33. The predicted octanol–water partition coefficient (Wildman–Crippen LogP) is 3.02. The SMILES string of the molecule is Cc1cc(C)c2sc(N(CCCN3CCOCC3)C(=O)c3ccnn3C)nc2c1. The quantitative estimate of drug-likeness (QED) is 0.622. The van der Waals surface area contributed by atoms with Crippen molar-refractivity contribution in [3.05, 3.63) is 41.2 Å². The van der Waals surface area contributed by atoms with E-state index in [1.165, 1.54) is 11.1 Å². The average Bonchev–Trinajstić information content (AvgIpc) is 3.32. The maximum absolute atomic E-state index is 13.3. The van der Waals surface area contributed by atoms with Crippen molar-refractivity contribution in [2.75, 3.05) is 44.3 Å². The van der Waals surface area contributed by atoms with Gasteiger partial charge in [0.2, 0.25) is 0 Å². The molecule has 1 saturated heterocycles. The van der Waals surface area contributed by atoms with Crippen LogP contribution in [0.2, 0.25) is 0 Å². The van der Waals surface area contributed by atoms with E-state index in [-0.39, 0.29) is 5.91 Å². The summed E-state index contributed by atoms with van der Waals surface area (Å²) in [6.45, 7) is 9.23. The Morgan fingerprint density at radius 1 is 1.28 bits per heavy atom. The molecule has 1 aliphatic heterocycles. The van der Waals surface area contributed by atoms with Crippen LogP contribution in [0.15, 0.2) is 24.4 Å². The molecule has 3 aromatic rings. The van der Waals surface area contributed by atoms with Gasteiger partial charge in [0.25, 0.3) is 5.91 Å². The molecular weight excluding hydrogens is 386 g/mol. The van der Waals surface area contributed by atoms with E-state index >= 15 is 0 Å². The molecule has 0 unspecified atom stereocenters. The van der Waals surface area contributed by atoms with Crippen LogP contribution >= 0.6 is 11.3 Å². The number of rotatable bonds is 6. The summed E-state index contributed by atoms with van der Waals surface area (Å²) < 4.78 is 8.19. The number of ether oxygens (including phenoxy) is 1. The van der Waals surface area contributed by atoms with E-state index in [1.54, 1.807) is 35.3 Å². The largest absolute Gasteiger partial charge is 0.379 e. The van der Waals surface area contributed by atoms with E-state index < -0.39 is 0 Å². The summed E-state index contributed by atoms with van der Waals surface area (Å²) in [6, 6.07) is 6.01. The molecule has 1 aromatic carbocycles. The molecule has 1 aliphatic rings. The van der Waals surface area contributed by atoms with Crippen LogP contribution in [0.5, 0.6) is 0 Å². The number of benzene rings is 1. The number of aromatic nitrogens is 3. The van der Waals surface area contributed by atoms with Crippen LogP contribution in [0, 0.1) is 13.8 Å². The number of nitrogens with zero attached hydrogens (tertiary/aromatic N) is 5. The summed E-state index contributed by atoms with van der Waals surface area (Å²) in [4.78, 5) is 22.4. The molecule has 8 heteroatoms. The Labute approximate surface area is 174 Å². The minimum Gasteiger partial charge on any atom is -0.379 e. The highest BCUT2D eigenvalue weighted by molar-refractivity contribution is 7.22. The van der Waals surface area contributed by atoms with Gasteiger partial charge in [0.1, 0.15) is 5.69 Å². The molecule has 154 valence electrons. The zero-order valence-electron chi connectivity index (χ0n) is 17.2. The van der Waals surface area contributed by atoms with Gasteiger partial charge in [-0.05, 0) is 43.5 Å². The van der Waals surface area contributed by atoms with Crippen molar-refractivity contribution in [1.29, 1.82) is 0 Å². The Bertz CT molecular complexity index is 1010. The number of aryl methyl sites for hydroxylation is 3. The number of fused-ring (bicyclic) bond motifs is 1. The third kappa shape index (κ3) is 4.34. The molecule has 7 nitrogen and oxygen atoms in total. The first-order valence-electron chi connectivity index (χ1n) is 10.0. The van der Waals surface area contributed by atoms with E-state index in [2.05, 4.69) is 36.0 Å². The minimum atomic E-state index is -0.0552. The lowest BCUT2D eigenvalue weighted by Crippen LogP contribution is -2.39. The molecular formula is C21H27N5O2S. The lowest BCUT2D eigenvalue weighted by molar-refractivity contribution is 0.0376. The van der Waals surface area contributed by atoms with Crippen molar-refractivity contribution in [3.63, 3.8) is 0 Å². The molecule has 0 atom stereocenters. The molecule has 0 bridgehead atoms. The number of carbonyl (C=O) groups is 1. The van der Waals surface area contributed by atoms with Crippen molar-refractivity contribution in [3.8, 4) is 0 Å². The van der Waals surface area contributed by atoms with Crippen LogP contribution in [0.4, 0.5) is 5.13 Å². The van der Waals surface area contributed by atoms with Gasteiger partial charge in [-0.2, -0.15) is 5.10 Å². The Kier molecular flexibility index (Phi) is 5.94. The van der Waals surface area contributed by atoms with Crippen molar-refractivity contribution < 1.29 is 9.53 Å². The lowest BCUT2D eigenvalue weighted by Gasteiger charge is -2.27. The highest BCUT2D eigenvalue weighted by Gasteiger charge is 2.24. The normalized spacial score (nSPS) is 15.1. The van der Waals surface area contributed by atoms with Crippen molar-refractivity contribution >= 4 is 32.6 Å². The summed E-state index contributed by atoms with van der Waals surface area (Å²) in [7, 11) is 1.80. The number of hydrogen-bond acceptors (Lipinski definition) is 6. The second kappa shape index (κ2) is 8.61. The molecule has 4 rings (SSSR count). The Morgan fingerprint density at radius 3 is 2.79 bits per heavy atom. The molecule has 0 radical (unpaired) electrons. The van der Waals surface area contributed by atoms with E-state index in [0.29, 0.717) is 12.2 Å². The summed E-state index contributed by atoms with van der Waals surface area (Å²) in [6.07, 6.45) is 2.54. The fraction of sp³-hybridized carbons (Fsp3) is 0.476. The van der Waals surface area contributed by atoms with Gasteiger partial charge in [-0.15, -0.1) is 0 Å². The Hall–Kier alpha value is -2.29. The Morgan fingerprint density at radius 2 is 2.07 bits per heavy atom. The number of amides is 1. The lowest BCUT2D eigenvalue weighted by atomic mass is 10.1. The third-order valence-electron chi connectivity index (χ3n) is 5.28. The van der Waals surface area contributed by atoms with Crippen molar-refractivity contribution in [1.82, 2.24) is 19.7 Å². The number of anilines is 1. The van der Waals surface area contributed by atoms with Gasteiger partial charge in [0.05, 0.1) is 23.4 Å². The topological polar surface area (TPSA) is 63.5 Å². The second-order valence-corrected chi connectivity index (χ2v) is 8.51. The molecule has 0 saturated carbocycles. The number of carbonyl (C=O) groups excluding carboxylic acids is 1. The first kappa shape index (κ1) is 20.0. The third-order valence-corrected chi connectivity index (χ3v) is 6.51. The number of hydrogen-bond donors (Lipinski definition) is 0. The molecule has 0 N–H and O–H groups in total. The predicted molar refractivity (Wildman–Crippen MR) is 116 cm³/mol. The second-order valence-electron chi connectivity index (χ2n) is 7.53. The summed E-state index contributed by atoms with van der Waals surface area (Å²) in [5.74, 6) is -0.0552. The Balaban J connectivity index is 1.60. The van der Waals surface area contributed by atoms with Crippen LogP contribution in [0.25, 0.3) is 10.2 Å². The van der Waals surface area contributed by atoms with Crippen molar-refractivity contribution in [2.45, 2.75) is 20.3 Å². The van der Waals surface area contributed by atoms with Crippen LogP contribution in [0.3, 0.4) is 0 Å². The number of thiazole rings is 1. The van der Waals surface area contributed by atoms with Gasteiger partial charge in [-0.25, -0.2) is 4.98 Å². The van der Waals surface area contributed by atoms with E-state index in [4.69, 9.17) is 9.72 Å². The summed E-state index contributed by atoms with van der Waals surface area (Å²) in [5, 5.41) is 4.92. The molecule has 0 aliphatic carbocycles. The zero-order chi connectivity index (χ0) is 20.4. The maximum atomic E-state index is 13.3. The first-order chi connectivity index (χ1) is 14.0. The minimum absolute atomic E-state index is 0.0552. The van der Waals surface area contributed by atoms with Crippen LogP contribution in [0.1, 0.15) is 28.0 Å². The van der Waals surface area contributed by atoms with Gasteiger partial charge in [-0.3, -0.25) is 19.3 Å². The molecule has 29 heavy (non-hydrogen) atoms. The maximum Gasteiger partial charge on any atom is 0.278 e. The van der Waals surface area contributed by atoms with Crippen molar-refractivity contribution in [2.24, 2.45) is 7.05 Å². The molecule has 1 fully saturated rings. The van der Waals surface area contributed by atoms with E-state index in [1.807, 2.05) is 4.90 Å². The van der Waals surface area contributed by atoms with Gasteiger partial charge < -0.3 is 4.74 Å². The first-order valence-corrected chi connectivity index (χ1v) is 10.8. The van der Waals surface area contributed by atoms with E-state index in [0.717, 1.165) is 54.6 Å². The summed E-state index contributed by atoms with van der Waals surface area (Å²) >= 11 is 1.59. The van der Waals surface area contributed by atoms with E-state index in [9.17, 15) is 4.79 Å². The van der Waals surface area contributed by atoms with Gasteiger partial charge in [0.15, 0.2) is 5.13 Å². The van der Waals surface area contributed by atoms with Crippen LogP contribution in [-0.2, 0) is 11.8 Å². The fourth-order valence-corrected chi connectivity index (χ4v) is 4.80. The summed E-state index contributed by atoms with van der Waals surface area (Å²) in [5.41, 5.74) is 3.91. The molecule has 2 aromatic heterocycles. The monoisotopic (exact) mass is 413 g/mol. The number of morpholine rings is 1. The highest BCUT2D eigenvalue weighted by atomic mass is 32.1. The zero-order valence-corrected chi connectivity index (χ0v) is 18.0. The molecule has 3 heterocycles. The fourth-order valence-electron chi connectivity index (χ4n) is 3.76. The smallest absolute Gasteiger partial charge is 0.278 e. The van der Waals surface area contributed by atoms with Gasteiger partial charge >= 0.3 is 0 Å². The molecule has 0 spiro atoms. The van der Waals surface area contributed by atoms with Crippen LogP contribution in [-0.4, -0.2) is 65.0 Å². The average molecular weight is 414 g/mol. The molecule has 1 amide bonds. The van der Waals surface area contributed by atoms with Gasteiger partial charge in [0, 0.05) is 39.4 Å².